The van der Waals surface area contributed by atoms with E-state index in [1.807, 2.05) is 6.07 Å². The van der Waals surface area contributed by atoms with Crippen molar-refractivity contribution in [3.8, 4) is 0 Å². The third-order valence-electron chi connectivity index (χ3n) is 6.71. The fraction of sp³-hybridized carbons (Fsp3) is 0.524. The van der Waals surface area contributed by atoms with E-state index in [-0.39, 0.29) is 18.6 Å². The van der Waals surface area contributed by atoms with E-state index < -0.39 is 11.6 Å². The second-order valence-corrected chi connectivity index (χ2v) is 8.06. The first-order chi connectivity index (χ1) is 13.2. The highest BCUT2D eigenvalue weighted by atomic mass is 19.2. The van der Waals surface area contributed by atoms with Gasteiger partial charge in [-0.25, -0.2) is 8.78 Å². The van der Waals surface area contributed by atoms with E-state index in [1.165, 1.54) is 6.07 Å². The summed E-state index contributed by atoms with van der Waals surface area (Å²) in [7, 11) is 0. The number of furan rings is 1. The quantitative estimate of drug-likeness (QED) is 0.893. The van der Waals surface area contributed by atoms with Gasteiger partial charge in [-0.2, -0.15) is 0 Å². The van der Waals surface area contributed by atoms with Crippen molar-refractivity contribution in [2.24, 2.45) is 5.92 Å². The van der Waals surface area contributed by atoms with Gasteiger partial charge >= 0.3 is 0 Å². The number of hydrogen-bond acceptors (Lipinski definition) is 4. The maximum atomic E-state index is 14.6. The Hall–Kier alpha value is -1.76. The Morgan fingerprint density at radius 2 is 1.81 bits per heavy atom. The molecular weight excluding hydrogens is 350 g/mol. The van der Waals surface area contributed by atoms with Crippen LogP contribution in [0.25, 0.3) is 0 Å². The van der Waals surface area contributed by atoms with Crippen molar-refractivity contribution in [2.75, 3.05) is 19.6 Å². The van der Waals surface area contributed by atoms with Crippen LogP contribution in [0.15, 0.2) is 34.7 Å². The van der Waals surface area contributed by atoms with E-state index in [9.17, 15) is 13.9 Å². The summed E-state index contributed by atoms with van der Waals surface area (Å²) in [6, 6.07) is 8.80. The zero-order valence-corrected chi connectivity index (χ0v) is 15.2. The number of benzene rings is 1. The highest BCUT2D eigenvalue weighted by Gasteiger charge is 2.53. The smallest absolute Gasteiger partial charge is 0.162 e. The third-order valence-corrected chi connectivity index (χ3v) is 6.71. The van der Waals surface area contributed by atoms with Crippen LogP contribution in [-0.2, 0) is 13.2 Å². The number of aliphatic hydroxyl groups is 1. The van der Waals surface area contributed by atoms with Gasteiger partial charge in [0, 0.05) is 24.5 Å². The Kier molecular flexibility index (Phi) is 4.30. The summed E-state index contributed by atoms with van der Waals surface area (Å²) in [5.41, 5.74) is 0.496. The minimum Gasteiger partial charge on any atom is -0.462 e. The molecule has 1 aromatic carbocycles. The molecule has 2 aromatic rings. The molecule has 4 nitrogen and oxygen atoms in total. The molecule has 6 heteroatoms. The van der Waals surface area contributed by atoms with Crippen molar-refractivity contribution in [3.63, 3.8) is 0 Å². The van der Waals surface area contributed by atoms with E-state index in [0.29, 0.717) is 36.4 Å². The number of fused-ring (bicyclic) bond motifs is 2. The van der Waals surface area contributed by atoms with Gasteiger partial charge in [0.1, 0.15) is 18.1 Å². The summed E-state index contributed by atoms with van der Waals surface area (Å²) in [5, 5.41) is 9.24. The maximum absolute atomic E-state index is 14.6. The Balaban J connectivity index is 1.49. The number of likely N-dealkylation sites (tertiary alicyclic amines) is 1. The van der Waals surface area contributed by atoms with Gasteiger partial charge < -0.3 is 9.52 Å². The summed E-state index contributed by atoms with van der Waals surface area (Å²) < 4.78 is 34.2. The van der Waals surface area contributed by atoms with Crippen LogP contribution in [0.2, 0.25) is 0 Å². The largest absolute Gasteiger partial charge is 0.462 e. The topological polar surface area (TPSA) is 39.9 Å². The lowest BCUT2D eigenvalue weighted by molar-refractivity contribution is -0.0105. The van der Waals surface area contributed by atoms with Crippen molar-refractivity contribution in [1.82, 2.24) is 9.80 Å². The SMILES string of the molecule is OCc1ccc(CN2C[C@@H](c3cccc(F)c3F)[C@@H]3[C@H]2C2CCN3CC2)o1. The van der Waals surface area contributed by atoms with Crippen LogP contribution in [0, 0.1) is 17.6 Å². The second kappa shape index (κ2) is 6.69. The minimum atomic E-state index is -0.767. The van der Waals surface area contributed by atoms with E-state index in [4.69, 9.17) is 4.42 Å². The normalized spacial score (nSPS) is 32.8. The van der Waals surface area contributed by atoms with Crippen molar-refractivity contribution in [2.45, 2.75) is 44.0 Å². The van der Waals surface area contributed by atoms with Crippen molar-refractivity contribution < 1.29 is 18.3 Å². The first-order valence-corrected chi connectivity index (χ1v) is 9.76. The van der Waals surface area contributed by atoms with E-state index in [1.54, 1.807) is 18.2 Å². The van der Waals surface area contributed by atoms with Crippen molar-refractivity contribution >= 4 is 0 Å². The maximum Gasteiger partial charge on any atom is 0.162 e. The molecule has 4 fully saturated rings. The molecule has 5 heterocycles. The van der Waals surface area contributed by atoms with Gasteiger partial charge in [0.25, 0.3) is 0 Å². The molecule has 0 aliphatic carbocycles. The summed E-state index contributed by atoms with van der Waals surface area (Å²) in [6.45, 7) is 3.31. The monoisotopic (exact) mass is 374 g/mol. The van der Waals surface area contributed by atoms with Gasteiger partial charge in [-0.05, 0) is 55.6 Å². The molecule has 144 valence electrons. The molecule has 0 unspecified atom stereocenters. The lowest BCUT2D eigenvalue weighted by atomic mass is 9.75. The van der Waals surface area contributed by atoms with Crippen LogP contribution in [-0.4, -0.2) is 46.6 Å². The molecule has 0 radical (unpaired) electrons. The number of hydrogen-bond donors (Lipinski definition) is 1. The van der Waals surface area contributed by atoms with Crippen LogP contribution in [0.5, 0.6) is 0 Å². The van der Waals surface area contributed by atoms with Crippen LogP contribution < -0.4 is 0 Å². The van der Waals surface area contributed by atoms with E-state index in [0.717, 1.165) is 31.7 Å². The zero-order chi connectivity index (χ0) is 18.5. The number of nitrogens with zero attached hydrogens (tertiary/aromatic N) is 2. The number of halogens is 2. The van der Waals surface area contributed by atoms with Gasteiger partial charge in [-0.15, -0.1) is 0 Å². The molecule has 1 aromatic heterocycles. The summed E-state index contributed by atoms with van der Waals surface area (Å²) >= 11 is 0. The fourth-order valence-corrected chi connectivity index (χ4v) is 5.59. The summed E-state index contributed by atoms with van der Waals surface area (Å²) in [6.07, 6.45) is 2.33. The molecule has 0 amide bonds. The highest BCUT2D eigenvalue weighted by molar-refractivity contribution is 5.29. The van der Waals surface area contributed by atoms with E-state index >= 15 is 0 Å². The molecule has 2 bridgehead atoms. The first kappa shape index (κ1) is 17.3. The number of aliphatic hydroxyl groups excluding tert-OH is 1. The van der Waals surface area contributed by atoms with Crippen LogP contribution in [0.1, 0.15) is 35.8 Å². The van der Waals surface area contributed by atoms with Crippen LogP contribution >= 0.6 is 0 Å². The van der Waals surface area contributed by atoms with Gasteiger partial charge in [0.05, 0.1) is 6.54 Å². The third kappa shape index (κ3) is 2.82. The van der Waals surface area contributed by atoms with Gasteiger partial charge in [-0.3, -0.25) is 9.80 Å². The molecule has 4 aliphatic heterocycles. The molecular formula is C21H24F2N2O2. The molecule has 0 saturated carbocycles. The van der Waals surface area contributed by atoms with Crippen LogP contribution in [0.4, 0.5) is 8.78 Å². The Bertz CT molecular complexity index is 831. The van der Waals surface area contributed by atoms with Crippen molar-refractivity contribution in [3.05, 3.63) is 59.1 Å². The highest BCUT2D eigenvalue weighted by Crippen LogP contribution is 2.47. The fourth-order valence-electron chi connectivity index (χ4n) is 5.59. The Morgan fingerprint density at radius 3 is 2.56 bits per heavy atom. The second-order valence-electron chi connectivity index (χ2n) is 8.06. The minimum absolute atomic E-state index is 0.0407. The number of piperidine rings is 3. The van der Waals surface area contributed by atoms with Gasteiger partial charge in [0.15, 0.2) is 11.6 Å². The molecule has 0 spiro atoms. The first-order valence-electron chi connectivity index (χ1n) is 9.76. The average Bonchev–Trinajstić information content (AvgIpc) is 3.31. The van der Waals surface area contributed by atoms with Crippen LogP contribution in [0.3, 0.4) is 0 Å². The Morgan fingerprint density at radius 1 is 1.04 bits per heavy atom. The molecule has 27 heavy (non-hydrogen) atoms. The predicted octanol–water partition coefficient (Wildman–Crippen LogP) is 3.11. The average molecular weight is 374 g/mol. The predicted molar refractivity (Wildman–Crippen MR) is 96.0 cm³/mol. The molecule has 3 atom stereocenters. The zero-order valence-electron chi connectivity index (χ0n) is 15.2. The molecule has 4 aliphatic rings. The lowest BCUT2D eigenvalue weighted by Gasteiger charge is -2.51. The lowest BCUT2D eigenvalue weighted by Crippen LogP contribution is -2.60. The Labute approximate surface area is 157 Å². The number of rotatable bonds is 4. The summed E-state index contributed by atoms with van der Waals surface area (Å²) in [4.78, 5) is 4.86. The van der Waals surface area contributed by atoms with Crippen molar-refractivity contribution in [1.29, 1.82) is 0 Å². The standard InChI is InChI=1S/C21H24F2N2O2/c22-18-3-1-2-16(19(18)23)17-11-25(10-14-4-5-15(12-26)27-14)20-13-6-8-24(9-7-13)21(17)20/h1-5,13,17,20-21,26H,6-12H2/t17-,20+,21+/m0/s1. The molecule has 1 N–H and O–H groups in total. The van der Waals surface area contributed by atoms with E-state index in [2.05, 4.69) is 9.80 Å². The summed E-state index contributed by atoms with van der Waals surface area (Å²) in [5.74, 6) is 0.454. The molecule has 4 saturated heterocycles. The van der Waals surface area contributed by atoms with Gasteiger partial charge in [-0.1, -0.05) is 12.1 Å². The molecule has 6 rings (SSSR count). The van der Waals surface area contributed by atoms with Gasteiger partial charge in [0.2, 0.25) is 0 Å².